The molecular formula is C24H27F3N4O2. The minimum atomic E-state index is -4.58. The smallest absolute Gasteiger partial charge is 0.350 e. The number of nitrogens with zero attached hydrogens (tertiary/aromatic N) is 2. The molecule has 1 unspecified atom stereocenters. The molecule has 1 atom stereocenters. The molecule has 2 amide bonds. The van der Waals surface area contributed by atoms with Gasteiger partial charge in [-0.1, -0.05) is 30.3 Å². The first-order valence-corrected chi connectivity index (χ1v) is 10.7. The van der Waals surface area contributed by atoms with E-state index in [-0.39, 0.29) is 18.4 Å². The molecule has 9 heteroatoms. The number of para-hydroxylation sites is 2. The van der Waals surface area contributed by atoms with Crippen molar-refractivity contribution in [3.05, 3.63) is 59.2 Å². The topological polar surface area (TPSA) is 73.8 Å². The number of rotatable bonds is 6. The van der Waals surface area contributed by atoms with Crippen LogP contribution in [-0.2, 0) is 4.79 Å². The lowest BCUT2D eigenvalue weighted by Gasteiger charge is -2.25. The summed E-state index contributed by atoms with van der Waals surface area (Å²) in [4.78, 5) is 25.5. The molecule has 0 bridgehead atoms. The van der Waals surface area contributed by atoms with E-state index in [1.807, 2.05) is 13.8 Å². The molecule has 0 spiro atoms. The van der Waals surface area contributed by atoms with E-state index in [2.05, 4.69) is 15.7 Å². The SMILES string of the molecule is Cc1ccccc1N1N=C(C(F)(F)F)CC1CC(=O)Nc1c(C)cccc1C(=O)NC(C)C. The molecule has 0 aliphatic carbocycles. The number of amides is 2. The third kappa shape index (κ3) is 5.71. The van der Waals surface area contributed by atoms with Crippen molar-refractivity contribution in [1.29, 1.82) is 0 Å². The van der Waals surface area contributed by atoms with Gasteiger partial charge in [0.1, 0.15) is 5.71 Å². The predicted octanol–water partition coefficient (Wildman–Crippen LogP) is 4.97. The van der Waals surface area contributed by atoms with Crippen LogP contribution in [0.1, 0.15) is 48.2 Å². The molecule has 1 aliphatic heterocycles. The molecule has 0 saturated carbocycles. The maximum Gasteiger partial charge on any atom is 0.431 e. The maximum atomic E-state index is 13.4. The summed E-state index contributed by atoms with van der Waals surface area (Å²) in [5.41, 5.74) is 1.67. The molecule has 33 heavy (non-hydrogen) atoms. The highest BCUT2D eigenvalue weighted by Gasteiger charge is 2.43. The van der Waals surface area contributed by atoms with Crippen molar-refractivity contribution in [3.8, 4) is 0 Å². The van der Waals surface area contributed by atoms with Crippen molar-refractivity contribution in [3.63, 3.8) is 0 Å². The van der Waals surface area contributed by atoms with Crippen molar-refractivity contribution in [2.75, 3.05) is 10.3 Å². The van der Waals surface area contributed by atoms with Crippen molar-refractivity contribution >= 4 is 28.9 Å². The molecule has 1 heterocycles. The van der Waals surface area contributed by atoms with Gasteiger partial charge in [-0.25, -0.2) is 0 Å². The van der Waals surface area contributed by atoms with E-state index in [9.17, 15) is 22.8 Å². The number of carbonyl (C=O) groups is 2. The first kappa shape index (κ1) is 24.3. The summed E-state index contributed by atoms with van der Waals surface area (Å²) >= 11 is 0. The molecule has 2 aromatic carbocycles. The number of benzene rings is 2. The molecule has 2 N–H and O–H groups in total. The summed E-state index contributed by atoms with van der Waals surface area (Å²) in [5, 5.41) is 10.6. The van der Waals surface area contributed by atoms with Crippen LogP contribution in [0.4, 0.5) is 24.5 Å². The number of carbonyl (C=O) groups excluding carboxylic acids is 2. The number of aryl methyl sites for hydroxylation is 2. The summed E-state index contributed by atoms with van der Waals surface area (Å²) in [6.07, 6.45) is -5.21. The summed E-state index contributed by atoms with van der Waals surface area (Å²) in [7, 11) is 0. The highest BCUT2D eigenvalue weighted by Crippen LogP contribution is 2.34. The Morgan fingerprint density at radius 1 is 1.09 bits per heavy atom. The molecule has 0 radical (unpaired) electrons. The van der Waals surface area contributed by atoms with Crippen molar-refractivity contribution < 1.29 is 22.8 Å². The Bertz CT molecular complexity index is 1080. The van der Waals surface area contributed by atoms with Crippen LogP contribution in [0.25, 0.3) is 0 Å². The fraction of sp³-hybridized carbons (Fsp3) is 0.375. The number of hydrogen-bond donors (Lipinski definition) is 2. The van der Waals surface area contributed by atoms with Crippen molar-refractivity contribution in [2.24, 2.45) is 5.10 Å². The van der Waals surface area contributed by atoms with E-state index in [4.69, 9.17) is 0 Å². The lowest BCUT2D eigenvalue weighted by molar-refractivity contribution is -0.116. The Kier molecular flexibility index (Phi) is 7.09. The van der Waals surface area contributed by atoms with Crippen LogP contribution in [-0.4, -0.2) is 35.8 Å². The van der Waals surface area contributed by atoms with Gasteiger partial charge in [-0.3, -0.25) is 14.6 Å². The van der Waals surface area contributed by atoms with Crippen LogP contribution in [0.15, 0.2) is 47.6 Å². The monoisotopic (exact) mass is 460 g/mol. The highest BCUT2D eigenvalue weighted by molar-refractivity contribution is 6.05. The lowest BCUT2D eigenvalue weighted by atomic mass is 10.0. The highest BCUT2D eigenvalue weighted by atomic mass is 19.4. The van der Waals surface area contributed by atoms with Gasteiger partial charge in [-0.05, 0) is 51.0 Å². The molecule has 2 aromatic rings. The molecule has 0 aromatic heterocycles. The van der Waals surface area contributed by atoms with Crippen molar-refractivity contribution in [2.45, 2.75) is 58.8 Å². The van der Waals surface area contributed by atoms with Crippen LogP contribution in [0.3, 0.4) is 0 Å². The molecule has 6 nitrogen and oxygen atoms in total. The van der Waals surface area contributed by atoms with Crippen LogP contribution in [0, 0.1) is 13.8 Å². The van der Waals surface area contributed by atoms with Gasteiger partial charge in [0, 0.05) is 18.9 Å². The van der Waals surface area contributed by atoms with Gasteiger partial charge in [-0.15, -0.1) is 0 Å². The van der Waals surface area contributed by atoms with E-state index in [0.717, 1.165) is 5.56 Å². The van der Waals surface area contributed by atoms with E-state index < -0.39 is 30.3 Å². The number of nitrogens with one attached hydrogen (secondary N) is 2. The first-order chi connectivity index (χ1) is 15.5. The lowest BCUT2D eigenvalue weighted by Crippen LogP contribution is -2.33. The minimum Gasteiger partial charge on any atom is -0.350 e. The third-order valence-electron chi connectivity index (χ3n) is 5.32. The minimum absolute atomic E-state index is 0.0966. The number of halogens is 3. The van der Waals surface area contributed by atoms with E-state index in [1.54, 1.807) is 56.3 Å². The Balaban J connectivity index is 1.84. The van der Waals surface area contributed by atoms with E-state index in [0.29, 0.717) is 22.5 Å². The molecule has 0 fully saturated rings. The van der Waals surface area contributed by atoms with Gasteiger partial charge in [0.2, 0.25) is 5.91 Å². The molecule has 176 valence electrons. The summed E-state index contributed by atoms with van der Waals surface area (Å²) < 4.78 is 40.2. The summed E-state index contributed by atoms with van der Waals surface area (Å²) in [5.74, 6) is -0.834. The fourth-order valence-electron chi connectivity index (χ4n) is 3.73. The van der Waals surface area contributed by atoms with Gasteiger partial charge < -0.3 is 10.6 Å². The zero-order chi connectivity index (χ0) is 24.3. The second kappa shape index (κ2) is 9.64. The summed E-state index contributed by atoms with van der Waals surface area (Å²) in [6.45, 7) is 7.18. The maximum absolute atomic E-state index is 13.4. The molecule has 0 saturated heterocycles. The summed E-state index contributed by atoms with van der Waals surface area (Å²) in [6, 6.07) is 11.1. The Labute approximate surface area is 190 Å². The Hall–Kier alpha value is -3.36. The number of alkyl halides is 3. The van der Waals surface area contributed by atoms with Crippen LogP contribution >= 0.6 is 0 Å². The second-order valence-corrected chi connectivity index (χ2v) is 8.41. The Morgan fingerprint density at radius 2 is 1.76 bits per heavy atom. The van der Waals surface area contributed by atoms with Gasteiger partial charge in [-0.2, -0.15) is 18.3 Å². The van der Waals surface area contributed by atoms with Gasteiger partial charge in [0.15, 0.2) is 0 Å². The molecule has 1 aliphatic rings. The number of hydrazone groups is 1. The largest absolute Gasteiger partial charge is 0.431 e. The normalized spacial score (nSPS) is 16.1. The molecule has 3 rings (SSSR count). The zero-order valence-corrected chi connectivity index (χ0v) is 19.0. The van der Waals surface area contributed by atoms with Gasteiger partial charge in [0.05, 0.1) is 23.0 Å². The predicted molar refractivity (Wildman–Crippen MR) is 123 cm³/mol. The van der Waals surface area contributed by atoms with E-state index >= 15 is 0 Å². The van der Waals surface area contributed by atoms with Gasteiger partial charge >= 0.3 is 6.18 Å². The standard InChI is InChI=1S/C24H27F3N4O2/c1-14(2)28-23(33)18-10-7-9-16(4)22(18)29-21(32)13-17-12-20(24(25,26)27)30-31(17)19-11-6-5-8-15(19)3/h5-11,14,17H,12-13H2,1-4H3,(H,28,33)(H,29,32). The van der Waals surface area contributed by atoms with Crippen LogP contribution < -0.4 is 15.6 Å². The Morgan fingerprint density at radius 3 is 2.39 bits per heavy atom. The quantitative estimate of drug-likeness (QED) is 0.640. The van der Waals surface area contributed by atoms with Gasteiger partial charge in [0.25, 0.3) is 5.91 Å². The van der Waals surface area contributed by atoms with Crippen LogP contribution in [0.2, 0.25) is 0 Å². The average molecular weight is 461 g/mol. The van der Waals surface area contributed by atoms with Crippen molar-refractivity contribution in [1.82, 2.24) is 5.32 Å². The number of anilines is 2. The number of hydrogen-bond acceptors (Lipinski definition) is 4. The third-order valence-corrected chi connectivity index (χ3v) is 5.32. The fourth-order valence-corrected chi connectivity index (χ4v) is 3.73. The first-order valence-electron chi connectivity index (χ1n) is 10.7. The second-order valence-electron chi connectivity index (χ2n) is 8.41. The average Bonchev–Trinajstić information content (AvgIpc) is 3.13. The molecular weight excluding hydrogens is 433 g/mol. The zero-order valence-electron chi connectivity index (χ0n) is 19.0. The van der Waals surface area contributed by atoms with E-state index in [1.165, 1.54) is 5.01 Å². The van der Waals surface area contributed by atoms with Crippen LogP contribution in [0.5, 0.6) is 0 Å².